The van der Waals surface area contributed by atoms with Crippen molar-refractivity contribution in [1.82, 2.24) is 0 Å². The van der Waals surface area contributed by atoms with Gasteiger partial charge in [0.1, 0.15) is 0 Å². The zero-order chi connectivity index (χ0) is 18.9. The zero-order valence-electron chi connectivity index (χ0n) is 14.9. The van der Waals surface area contributed by atoms with E-state index in [1.807, 2.05) is 91.0 Å². The Kier molecular flexibility index (Phi) is 4.30. The molecule has 0 aromatic heterocycles. The minimum Gasteiger partial charge on any atom is -0.360 e. The van der Waals surface area contributed by atoms with E-state index in [0.717, 1.165) is 5.56 Å². The summed E-state index contributed by atoms with van der Waals surface area (Å²) in [7, 11) is 1.48. The molecule has 3 heteroatoms. The van der Waals surface area contributed by atoms with E-state index in [4.69, 9.17) is 4.74 Å². The number of hydrogen-bond donors (Lipinski definition) is 0. The summed E-state index contributed by atoms with van der Waals surface area (Å²) in [6.45, 7) is 0. The van der Waals surface area contributed by atoms with Gasteiger partial charge in [0.05, 0.1) is 0 Å². The van der Waals surface area contributed by atoms with E-state index in [9.17, 15) is 9.59 Å². The molecule has 3 aromatic carbocycles. The Morgan fingerprint density at radius 1 is 0.667 bits per heavy atom. The minimum absolute atomic E-state index is 0.400. The van der Waals surface area contributed by atoms with Crippen LogP contribution in [0.4, 0.5) is 0 Å². The molecular weight excluding hydrogens is 336 g/mol. The highest BCUT2D eigenvalue weighted by atomic mass is 16.5. The van der Waals surface area contributed by atoms with Crippen molar-refractivity contribution in [2.24, 2.45) is 0 Å². The molecule has 0 heterocycles. The van der Waals surface area contributed by atoms with Crippen LogP contribution in [0.15, 0.2) is 91.0 Å². The maximum Gasteiger partial charge on any atom is 0.244 e. The number of hydrogen-bond acceptors (Lipinski definition) is 3. The first-order valence-corrected chi connectivity index (χ1v) is 8.75. The van der Waals surface area contributed by atoms with Crippen molar-refractivity contribution < 1.29 is 14.3 Å². The second-order valence-corrected chi connectivity index (χ2v) is 6.39. The smallest absolute Gasteiger partial charge is 0.244 e. The molecule has 0 amide bonds. The maximum absolute atomic E-state index is 13.3. The van der Waals surface area contributed by atoms with Gasteiger partial charge in [-0.15, -0.1) is 0 Å². The lowest BCUT2D eigenvalue weighted by molar-refractivity contribution is -0.143. The van der Waals surface area contributed by atoms with Gasteiger partial charge in [-0.25, -0.2) is 0 Å². The molecule has 0 N–H and O–H groups in total. The zero-order valence-corrected chi connectivity index (χ0v) is 14.9. The van der Waals surface area contributed by atoms with Crippen molar-refractivity contribution in [1.29, 1.82) is 0 Å². The van der Waals surface area contributed by atoms with E-state index >= 15 is 0 Å². The molecule has 0 fully saturated rings. The van der Waals surface area contributed by atoms with Crippen LogP contribution in [0.2, 0.25) is 0 Å². The molecule has 1 aliphatic carbocycles. The van der Waals surface area contributed by atoms with E-state index < -0.39 is 17.2 Å². The summed E-state index contributed by atoms with van der Waals surface area (Å²) in [5.74, 6) is -1.08. The average Bonchev–Trinajstić information content (AvgIpc) is 2.98. The van der Waals surface area contributed by atoms with Crippen molar-refractivity contribution in [2.75, 3.05) is 7.11 Å². The van der Waals surface area contributed by atoms with Gasteiger partial charge in [0.2, 0.25) is 11.6 Å². The summed E-state index contributed by atoms with van der Waals surface area (Å²) in [5.41, 5.74) is 1.70. The molecule has 0 spiro atoms. The molecule has 1 aliphatic rings. The Morgan fingerprint density at radius 2 is 1.15 bits per heavy atom. The van der Waals surface area contributed by atoms with Crippen molar-refractivity contribution in [3.63, 3.8) is 0 Å². The maximum atomic E-state index is 13.3. The van der Waals surface area contributed by atoms with Gasteiger partial charge in [-0.1, -0.05) is 91.0 Å². The predicted molar refractivity (Wildman–Crippen MR) is 105 cm³/mol. The van der Waals surface area contributed by atoms with Crippen LogP contribution < -0.4 is 0 Å². The summed E-state index contributed by atoms with van der Waals surface area (Å²) in [6, 6.07) is 28.0. The quantitative estimate of drug-likeness (QED) is 0.657. The summed E-state index contributed by atoms with van der Waals surface area (Å²) >= 11 is 0. The van der Waals surface area contributed by atoms with Gasteiger partial charge in [0.15, 0.2) is 5.60 Å². The molecule has 0 saturated carbocycles. The average molecular weight is 354 g/mol. The lowest BCUT2D eigenvalue weighted by Gasteiger charge is -2.30. The summed E-state index contributed by atoms with van der Waals surface area (Å²) in [5, 5.41) is 0. The number of rotatable bonds is 4. The fourth-order valence-electron chi connectivity index (χ4n) is 3.77. The first-order chi connectivity index (χ1) is 13.2. The molecule has 0 saturated heterocycles. The highest BCUT2D eigenvalue weighted by Crippen LogP contribution is 2.50. The summed E-state index contributed by atoms with van der Waals surface area (Å²) in [6.07, 6.45) is 0. The van der Waals surface area contributed by atoms with Crippen LogP contribution in [0.5, 0.6) is 0 Å². The van der Waals surface area contributed by atoms with Crippen LogP contribution in [-0.4, -0.2) is 18.7 Å². The summed E-state index contributed by atoms with van der Waals surface area (Å²) in [4.78, 5) is 26.5. The Balaban J connectivity index is 2.11. The van der Waals surface area contributed by atoms with Gasteiger partial charge in [-0.05, 0) is 16.7 Å². The Hall–Kier alpha value is -3.30. The van der Waals surface area contributed by atoms with Crippen molar-refractivity contribution in [3.05, 3.63) is 108 Å². The van der Waals surface area contributed by atoms with Gasteiger partial charge in [-0.3, -0.25) is 9.59 Å². The Labute approximate surface area is 157 Å². The van der Waals surface area contributed by atoms with Crippen LogP contribution in [0.3, 0.4) is 0 Å². The van der Waals surface area contributed by atoms with Crippen molar-refractivity contribution in [3.8, 4) is 0 Å². The molecule has 1 atom stereocenters. The van der Waals surface area contributed by atoms with E-state index in [-0.39, 0.29) is 0 Å². The van der Waals surface area contributed by atoms with Crippen molar-refractivity contribution >= 4 is 22.7 Å². The molecular formula is C24H18O3. The number of carbonyl (C=O) groups is 2. The lowest BCUT2D eigenvalue weighted by atomic mass is 9.82. The van der Waals surface area contributed by atoms with Gasteiger partial charge in [0.25, 0.3) is 0 Å². The van der Waals surface area contributed by atoms with Gasteiger partial charge >= 0.3 is 0 Å². The first-order valence-electron chi connectivity index (χ1n) is 8.75. The Bertz CT molecular complexity index is 1020. The normalized spacial score (nSPS) is 19.6. The number of ketones is 2. The van der Waals surface area contributed by atoms with E-state index in [0.29, 0.717) is 22.3 Å². The van der Waals surface area contributed by atoms with E-state index in [1.54, 1.807) is 0 Å². The van der Waals surface area contributed by atoms with Gasteiger partial charge in [-0.2, -0.15) is 0 Å². The highest BCUT2D eigenvalue weighted by molar-refractivity contribution is 6.64. The van der Waals surface area contributed by atoms with E-state index in [2.05, 4.69) is 0 Å². The van der Waals surface area contributed by atoms with Crippen molar-refractivity contribution in [2.45, 2.75) is 5.60 Å². The largest absolute Gasteiger partial charge is 0.360 e. The van der Waals surface area contributed by atoms with Crippen LogP contribution >= 0.6 is 0 Å². The summed E-state index contributed by atoms with van der Waals surface area (Å²) < 4.78 is 5.86. The van der Waals surface area contributed by atoms with Crippen LogP contribution in [-0.2, 0) is 19.9 Å². The number of allylic oxidation sites excluding steroid dienone is 1. The molecule has 1 unspecified atom stereocenters. The molecule has 0 bridgehead atoms. The van der Waals surface area contributed by atoms with Gasteiger partial charge in [0, 0.05) is 18.3 Å². The topological polar surface area (TPSA) is 43.4 Å². The monoisotopic (exact) mass is 354 g/mol. The minimum atomic E-state index is -1.45. The van der Waals surface area contributed by atoms with Crippen LogP contribution in [0, 0.1) is 0 Å². The second-order valence-electron chi connectivity index (χ2n) is 6.39. The molecule has 4 rings (SSSR count). The number of Topliss-reactive ketones (excluding diaryl/α,β-unsaturated/α-hetero) is 2. The van der Waals surface area contributed by atoms with Gasteiger partial charge < -0.3 is 4.74 Å². The van der Waals surface area contributed by atoms with E-state index in [1.165, 1.54) is 7.11 Å². The van der Waals surface area contributed by atoms with Crippen LogP contribution in [0.25, 0.3) is 11.1 Å². The molecule has 3 aromatic rings. The third kappa shape index (κ3) is 2.56. The third-order valence-corrected chi connectivity index (χ3v) is 4.97. The highest BCUT2D eigenvalue weighted by Gasteiger charge is 2.55. The molecule has 0 aliphatic heterocycles. The fraction of sp³-hybridized carbons (Fsp3) is 0.0833. The number of methoxy groups -OCH3 is 1. The fourth-order valence-corrected chi connectivity index (χ4v) is 3.77. The predicted octanol–water partition coefficient (Wildman–Crippen LogP) is 4.29. The number of benzene rings is 3. The standard InChI is InChI=1S/C24H18O3/c1-27-24(19-15-9-4-10-16-19)21(18-13-7-3-8-14-18)20(22(25)23(24)26)17-11-5-2-6-12-17/h2-16H,1H3. The second kappa shape index (κ2) is 6.78. The SMILES string of the molecule is COC1(c2ccccc2)C(=O)C(=O)C(c2ccccc2)=C1c1ccccc1. The lowest BCUT2D eigenvalue weighted by Crippen LogP contribution is -2.38. The third-order valence-electron chi connectivity index (χ3n) is 4.97. The molecule has 27 heavy (non-hydrogen) atoms. The first kappa shape index (κ1) is 17.1. The molecule has 132 valence electrons. The van der Waals surface area contributed by atoms with Crippen LogP contribution in [0.1, 0.15) is 16.7 Å². The molecule has 3 nitrogen and oxygen atoms in total. The molecule has 0 radical (unpaired) electrons. The Morgan fingerprint density at radius 3 is 1.67 bits per heavy atom. The number of carbonyl (C=O) groups excluding carboxylic acids is 2. The number of ether oxygens (including phenoxy) is 1.